The number of benzene rings is 1. The Morgan fingerprint density at radius 3 is 2.34 bits per heavy atom. The second kappa shape index (κ2) is 13.0. The Hall–Kier alpha value is -2.33. The number of hydrogen-bond acceptors (Lipinski definition) is 4. The molecule has 1 aromatic rings. The van der Waals surface area contributed by atoms with Gasteiger partial charge in [0, 0.05) is 13.0 Å². The molecule has 1 aromatic carbocycles. The molecule has 0 N–H and O–H groups in total. The monoisotopic (exact) mass is 400 g/mol. The second-order valence-corrected chi connectivity index (χ2v) is 7.64. The van der Waals surface area contributed by atoms with E-state index in [2.05, 4.69) is 33.1 Å². The first-order chi connectivity index (χ1) is 13.8. The van der Waals surface area contributed by atoms with Crippen molar-refractivity contribution in [1.29, 1.82) is 0 Å². The van der Waals surface area contributed by atoms with Crippen LogP contribution in [0.1, 0.15) is 45.6 Å². The van der Waals surface area contributed by atoms with Crippen LogP contribution in [0.4, 0.5) is 0 Å². The molecule has 1 rings (SSSR count). The summed E-state index contributed by atoms with van der Waals surface area (Å²) in [6.45, 7) is 14.5. The maximum atomic E-state index is 12.5. The largest absolute Gasteiger partial charge is 0.497 e. The molecule has 0 bridgehead atoms. The van der Waals surface area contributed by atoms with Gasteiger partial charge >= 0.3 is 0 Å². The van der Waals surface area contributed by atoms with Gasteiger partial charge in [-0.15, -0.1) is 0 Å². The number of rotatable bonds is 14. The van der Waals surface area contributed by atoms with Crippen molar-refractivity contribution in [2.45, 2.75) is 52.7 Å². The molecular formula is C25H36O4. The normalized spacial score (nSPS) is 13.7. The first-order valence-electron chi connectivity index (χ1n) is 10.1. The summed E-state index contributed by atoms with van der Waals surface area (Å²) < 4.78 is 16.6. The Bertz CT molecular complexity index is 685. The molecule has 0 amide bonds. The standard InChI is InChI=1S/C25H36O4/c1-8-24(26)23(19(4)11-9-10-18(2)3)16-25(28-7)20(5)29-17-21-12-14-22(27-6)15-13-21/h8,11-15,18,23,25H,1,5,9-10,16-17H2,2-4,6-7H3/b19-11+/t23-,25+/m0/s1. The molecular weight excluding hydrogens is 364 g/mol. The van der Waals surface area contributed by atoms with Crippen LogP contribution in [-0.2, 0) is 20.9 Å². The summed E-state index contributed by atoms with van der Waals surface area (Å²) in [5.74, 6) is 1.65. The first kappa shape index (κ1) is 24.7. The van der Waals surface area contributed by atoms with Crippen molar-refractivity contribution in [3.05, 3.63) is 66.5 Å². The Kier molecular flexibility index (Phi) is 11.1. The van der Waals surface area contributed by atoms with Gasteiger partial charge in [0.1, 0.15) is 24.2 Å². The van der Waals surface area contributed by atoms with Crippen molar-refractivity contribution in [3.63, 3.8) is 0 Å². The third-order valence-corrected chi connectivity index (χ3v) is 4.98. The van der Waals surface area contributed by atoms with Crippen LogP contribution in [0.2, 0.25) is 0 Å². The molecule has 0 saturated carbocycles. The number of ketones is 1. The van der Waals surface area contributed by atoms with E-state index in [-0.39, 0.29) is 17.8 Å². The van der Waals surface area contributed by atoms with Gasteiger partial charge in [0.15, 0.2) is 5.78 Å². The molecule has 4 nitrogen and oxygen atoms in total. The lowest BCUT2D eigenvalue weighted by atomic mass is 9.88. The van der Waals surface area contributed by atoms with Crippen LogP contribution in [0.3, 0.4) is 0 Å². The van der Waals surface area contributed by atoms with Gasteiger partial charge in [0.2, 0.25) is 0 Å². The summed E-state index contributed by atoms with van der Waals surface area (Å²) in [7, 11) is 3.25. The smallest absolute Gasteiger partial charge is 0.162 e. The van der Waals surface area contributed by atoms with Crippen LogP contribution < -0.4 is 4.74 Å². The topological polar surface area (TPSA) is 44.8 Å². The van der Waals surface area contributed by atoms with Gasteiger partial charge in [0.25, 0.3) is 0 Å². The lowest BCUT2D eigenvalue weighted by Gasteiger charge is -2.24. The number of methoxy groups -OCH3 is 2. The molecule has 0 radical (unpaired) electrons. The minimum Gasteiger partial charge on any atom is -0.497 e. The summed E-state index contributed by atoms with van der Waals surface area (Å²) in [5, 5.41) is 0. The van der Waals surface area contributed by atoms with Crippen LogP contribution in [0.5, 0.6) is 5.75 Å². The minimum absolute atomic E-state index is 0.00620. The highest BCUT2D eigenvalue weighted by Gasteiger charge is 2.25. The Morgan fingerprint density at radius 1 is 1.17 bits per heavy atom. The number of allylic oxidation sites excluding steroid dienone is 3. The first-order valence-corrected chi connectivity index (χ1v) is 10.1. The van der Waals surface area contributed by atoms with Gasteiger partial charge in [-0.1, -0.05) is 50.8 Å². The fourth-order valence-corrected chi connectivity index (χ4v) is 3.02. The lowest BCUT2D eigenvalue weighted by molar-refractivity contribution is -0.118. The average Bonchev–Trinajstić information content (AvgIpc) is 2.72. The van der Waals surface area contributed by atoms with Crippen molar-refractivity contribution < 1.29 is 19.0 Å². The SMILES string of the molecule is C=CC(=O)[C@@H](C[C@@H](OC)C(=C)OCc1ccc(OC)cc1)/C(C)=C/CCC(C)C. The highest BCUT2D eigenvalue weighted by molar-refractivity contribution is 5.93. The summed E-state index contributed by atoms with van der Waals surface area (Å²) in [5.41, 5.74) is 2.05. The minimum atomic E-state index is -0.379. The molecule has 4 heteroatoms. The lowest BCUT2D eigenvalue weighted by Crippen LogP contribution is -2.24. The summed E-state index contributed by atoms with van der Waals surface area (Å²) in [4.78, 5) is 12.5. The number of ether oxygens (including phenoxy) is 3. The molecule has 0 aromatic heterocycles. The van der Waals surface area contributed by atoms with Crippen LogP contribution in [0.15, 0.2) is 60.9 Å². The number of hydrogen-bond donors (Lipinski definition) is 0. The van der Waals surface area contributed by atoms with Crippen molar-refractivity contribution in [3.8, 4) is 5.75 Å². The van der Waals surface area contributed by atoms with Crippen LogP contribution in [0.25, 0.3) is 0 Å². The third-order valence-electron chi connectivity index (χ3n) is 4.98. The van der Waals surface area contributed by atoms with Gasteiger partial charge in [-0.3, -0.25) is 4.79 Å². The Balaban J connectivity index is 2.76. The van der Waals surface area contributed by atoms with E-state index in [1.807, 2.05) is 31.2 Å². The van der Waals surface area contributed by atoms with Gasteiger partial charge in [-0.2, -0.15) is 0 Å². The fraction of sp³-hybridized carbons (Fsp3) is 0.480. The van der Waals surface area contributed by atoms with E-state index in [4.69, 9.17) is 14.2 Å². The van der Waals surface area contributed by atoms with E-state index in [0.29, 0.717) is 24.7 Å². The van der Waals surface area contributed by atoms with Crippen molar-refractivity contribution in [2.75, 3.05) is 14.2 Å². The second-order valence-electron chi connectivity index (χ2n) is 7.64. The van der Waals surface area contributed by atoms with E-state index < -0.39 is 0 Å². The van der Waals surface area contributed by atoms with Gasteiger partial charge in [-0.05, 0) is 55.9 Å². The molecule has 0 saturated heterocycles. The van der Waals surface area contributed by atoms with E-state index in [9.17, 15) is 4.79 Å². The van der Waals surface area contributed by atoms with Gasteiger partial charge < -0.3 is 14.2 Å². The molecule has 0 unspecified atom stereocenters. The molecule has 2 atom stereocenters. The number of carbonyl (C=O) groups excluding carboxylic acids is 1. The molecule has 0 aliphatic rings. The third kappa shape index (κ3) is 8.70. The summed E-state index contributed by atoms with van der Waals surface area (Å²) >= 11 is 0. The van der Waals surface area contributed by atoms with E-state index >= 15 is 0 Å². The Morgan fingerprint density at radius 2 is 1.83 bits per heavy atom. The van der Waals surface area contributed by atoms with E-state index in [1.54, 1.807) is 14.2 Å². The highest BCUT2D eigenvalue weighted by Crippen LogP contribution is 2.25. The van der Waals surface area contributed by atoms with Crippen LogP contribution >= 0.6 is 0 Å². The zero-order valence-corrected chi connectivity index (χ0v) is 18.6. The van der Waals surface area contributed by atoms with Crippen molar-refractivity contribution >= 4 is 5.78 Å². The molecule has 160 valence electrons. The van der Waals surface area contributed by atoms with E-state index in [0.717, 1.165) is 29.7 Å². The number of carbonyl (C=O) groups is 1. The summed E-state index contributed by atoms with van der Waals surface area (Å²) in [6, 6.07) is 7.66. The average molecular weight is 401 g/mol. The predicted octanol–water partition coefficient (Wildman–Crippen LogP) is 5.88. The highest BCUT2D eigenvalue weighted by atomic mass is 16.5. The van der Waals surface area contributed by atoms with Crippen molar-refractivity contribution in [1.82, 2.24) is 0 Å². The van der Waals surface area contributed by atoms with E-state index in [1.165, 1.54) is 6.08 Å². The zero-order valence-electron chi connectivity index (χ0n) is 18.6. The fourth-order valence-electron chi connectivity index (χ4n) is 3.02. The Labute approximate surface area is 176 Å². The maximum Gasteiger partial charge on any atom is 0.162 e. The zero-order chi connectivity index (χ0) is 21.8. The van der Waals surface area contributed by atoms with Crippen LogP contribution in [-0.4, -0.2) is 26.1 Å². The molecule has 29 heavy (non-hydrogen) atoms. The predicted molar refractivity (Wildman–Crippen MR) is 119 cm³/mol. The molecule has 0 heterocycles. The molecule has 0 spiro atoms. The molecule has 0 aliphatic heterocycles. The van der Waals surface area contributed by atoms with Gasteiger partial charge in [-0.25, -0.2) is 0 Å². The van der Waals surface area contributed by atoms with Crippen LogP contribution in [0, 0.1) is 11.8 Å². The quantitative estimate of drug-likeness (QED) is 0.222. The maximum absolute atomic E-state index is 12.5. The molecule has 0 fully saturated rings. The van der Waals surface area contributed by atoms with Gasteiger partial charge in [0.05, 0.1) is 7.11 Å². The summed E-state index contributed by atoms with van der Waals surface area (Å²) in [6.07, 6.45) is 5.69. The van der Waals surface area contributed by atoms with Crippen molar-refractivity contribution in [2.24, 2.45) is 11.8 Å². The molecule has 0 aliphatic carbocycles.